The predicted octanol–water partition coefficient (Wildman–Crippen LogP) is 2.68. The molecule has 84 valence electrons. The summed E-state index contributed by atoms with van der Waals surface area (Å²) in [7, 11) is 0. The van der Waals surface area contributed by atoms with Crippen molar-refractivity contribution >= 4 is 17.5 Å². The molecule has 0 aliphatic heterocycles. The highest BCUT2D eigenvalue weighted by molar-refractivity contribution is 6.18. The summed E-state index contributed by atoms with van der Waals surface area (Å²) in [5.74, 6) is 1.01. The quantitative estimate of drug-likeness (QED) is 0.792. The van der Waals surface area contributed by atoms with Crippen molar-refractivity contribution in [3.8, 4) is 0 Å². The van der Waals surface area contributed by atoms with Crippen molar-refractivity contribution < 1.29 is 4.39 Å². The van der Waals surface area contributed by atoms with Gasteiger partial charge in [0.15, 0.2) is 5.82 Å². The molecule has 5 heteroatoms. The van der Waals surface area contributed by atoms with Crippen LogP contribution in [-0.4, -0.2) is 21.9 Å². The number of nitrogens with one attached hydrogen (secondary N) is 1. The van der Waals surface area contributed by atoms with Crippen molar-refractivity contribution in [3.63, 3.8) is 0 Å². The van der Waals surface area contributed by atoms with E-state index in [0.29, 0.717) is 17.7 Å². The van der Waals surface area contributed by atoms with Crippen LogP contribution in [0, 0.1) is 11.7 Å². The van der Waals surface area contributed by atoms with Gasteiger partial charge in [0, 0.05) is 11.9 Å². The van der Waals surface area contributed by atoms with Gasteiger partial charge >= 0.3 is 0 Å². The van der Waals surface area contributed by atoms with Gasteiger partial charge in [-0.25, -0.2) is 14.4 Å². The van der Waals surface area contributed by atoms with Crippen LogP contribution in [0.4, 0.5) is 10.3 Å². The Morgan fingerprint density at radius 3 is 2.47 bits per heavy atom. The van der Waals surface area contributed by atoms with Gasteiger partial charge in [-0.3, -0.25) is 0 Å². The maximum absolute atomic E-state index is 12.5. The Balaban J connectivity index is 2.54. The second-order valence-electron chi connectivity index (χ2n) is 3.85. The van der Waals surface area contributed by atoms with Gasteiger partial charge in [0.1, 0.15) is 0 Å². The van der Waals surface area contributed by atoms with Crippen LogP contribution in [0.25, 0.3) is 0 Å². The molecule has 1 aromatic rings. The summed E-state index contributed by atoms with van der Waals surface area (Å²) < 4.78 is 12.5. The van der Waals surface area contributed by atoms with E-state index in [9.17, 15) is 4.39 Å². The highest BCUT2D eigenvalue weighted by Gasteiger charge is 2.10. The maximum atomic E-state index is 12.5. The molecule has 15 heavy (non-hydrogen) atoms. The van der Waals surface area contributed by atoms with Gasteiger partial charge in [0.2, 0.25) is 5.95 Å². The Morgan fingerprint density at radius 1 is 1.40 bits per heavy atom. The van der Waals surface area contributed by atoms with Gasteiger partial charge in [0.05, 0.1) is 12.4 Å². The van der Waals surface area contributed by atoms with Crippen molar-refractivity contribution in [3.05, 3.63) is 18.2 Å². The Bertz CT molecular complexity index is 289. The van der Waals surface area contributed by atoms with Crippen molar-refractivity contribution in [2.24, 2.45) is 5.92 Å². The third-order valence-corrected chi connectivity index (χ3v) is 2.27. The van der Waals surface area contributed by atoms with E-state index in [1.807, 2.05) is 0 Å². The first kappa shape index (κ1) is 12.2. The average molecular weight is 232 g/mol. The summed E-state index contributed by atoms with van der Waals surface area (Å²) in [6.07, 6.45) is 3.20. The molecule has 0 spiro atoms. The number of alkyl halides is 1. The van der Waals surface area contributed by atoms with E-state index in [0.717, 1.165) is 18.8 Å². The lowest BCUT2D eigenvalue weighted by Crippen LogP contribution is -2.24. The van der Waals surface area contributed by atoms with Crippen molar-refractivity contribution in [1.29, 1.82) is 0 Å². The third-order valence-electron chi connectivity index (χ3n) is 1.90. The molecular weight excluding hydrogens is 217 g/mol. The molecule has 0 bridgehead atoms. The van der Waals surface area contributed by atoms with Crippen molar-refractivity contribution in [2.75, 3.05) is 11.2 Å². The first-order chi connectivity index (χ1) is 7.11. The van der Waals surface area contributed by atoms with Crippen LogP contribution in [0.1, 0.15) is 20.3 Å². The van der Waals surface area contributed by atoms with Gasteiger partial charge in [-0.2, -0.15) is 0 Å². The number of halogens is 2. The summed E-state index contributed by atoms with van der Waals surface area (Å²) in [6, 6.07) is 0.122. The van der Waals surface area contributed by atoms with Crippen LogP contribution >= 0.6 is 11.6 Å². The van der Waals surface area contributed by atoms with Crippen LogP contribution in [0.15, 0.2) is 12.4 Å². The first-order valence-corrected chi connectivity index (χ1v) is 5.45. The standard InChI is InChI=1S/C10H15ClFN3/c1-7(2)3-9(4-11)15-10-13-5-8(12)6-14-10/h5-7,9H,3-4H2,1-2H3,(H,13,14,15). The zero-order valence-electron chi connectivity index (χ0n) is 8.87. The van der Waals surface area contributed by atoms with E-state index in [-0.39, 0.29) is 6.04 Å². The number of hydrogen-bond acceptors (Lipinski definition) is 3. The number of nitrogens with zero attached hydrogens (tertiary/aromatic N) is 2. The van der Waals surface area contributed by atoms with Crippen molar-refractivity contribution in [1.82, 2.24) is 9.97 Å². The van der Waals surface area contributed by atoms with E-state index in [4.69, 9.17) is 11.6 Å². The highest BCUT2D eigenvalue weighted by atomic mass is 35.5. The fraction of sp³-hybridized carbons (Fsp3) is 0.600. The van der Waals surface area contributed by atoms with Crippen LogP contribution in [0.5, 0.6) is 0 Å². The minimum absolute atomic E-state index is 0.122. The first-order valence-electron chi connectivity index (χ1n) is 4.92. The molecule has 0 aromatic carbocycles. The summed E-state index contributed by atoms with van der Waals surface area (Å²) in [6.45, 7) is 4.24. The lowest BCUT2D eigenvalue weighted by Gasteiger charge is -2.17. The van der Waals surface area contributed by atoms with E-state index < -0.39 is 5.82 Å². The molecule has 1 unspecified atom stereocenters. The molecule has 0 aliphatic rings. The second kappa shape index (κ2) is 5.85. The monoisotopic (exact) mass is 231 g/mol. The Morgan fingerprint density at radius 2 is 2.00 bits per heavy atom. The average Bonchev–Trinajstić information content (AvgIpc) is 2.19. The molecule has 0 saturated heterocycles. The molecule has 1 heterocycles. The molecule has 0 aliphatic carbocycles. The zero-order chi connectivity index (χ0) is 11.3. The Labute approximate surface area is 94.1 Å². The molecule has 0 radical (unpaired) electrons. The molecule has 0 saturated carbocycles. The van der Waals surface area contributed by atoms with Gasteiger partial charge in [0.25, 0.3) is 0 Å². The molecular formula is C10H15ClFN3. The second-order valence-corrected chi connectivity index (χ2v) is 4.16. The smallest absolute Gasteiger partial charge is 0.223 e. The van der Waals surface area contributed by atoms with Crippen molar-refractivity contribution in [2.45, 2.75) is 26.3 Å². The van der Waals surface area contributed by atoms with Gasteiger partial charge in [-0.05, 0) is 12.3 Å². The molecule has 1 aromatic heterocycles. The molecule has 1 atom stereocenters. The highest BCUT2D eigenvalue weighted by Crippen LogP contribution is 2.10. The lowest BCUT2D eigenvalue weighted by atomic mass is 10.1. The van der Waals surface area contributed by atoms with E-state index in [2.05, 4.69) is 29.1 Å². The minimum Gasteiger partial charge on any atom is -0.350 e. The van der Waals surface area contributed by atoms with Crippen LogP contribution in [0.2, 0.25) is 0 Å². The molecule has 0 amide bonds. The lowest BCUT2D eigenvalue weighted by molar-refractivity contribution is 0.539. The van der Waals surface area contributed by atoms with E-state index >= 15 is 0 Å². The van der Waals surface area contributed by atoms with Gasteiger partial charge < -0.3 is 5.32 Å². The fourth-order valence-electron chi connectivity index (χ4n) is 1.30. The van der Waals surface area contributed by atoms with E-state index in [1.165, 1.54) is 0 Å². The van der Waals surface area contributed by atoms with Gasteiger partial charge in [-0.15, -0.1) is 11.6 Å². The Hall–Kier alpha value is -0.900. The topological polar surface area (TPSA) is 37.8 Å². The SMILES string of the molecule is CC(C)CC(CCl)Nc1ncc(F)cn1. The molecule has 0 fully saturated rings. The van der Waals surface area contributed by atoms with Crippen LogP contribution in [0.3, 0.4) is 0 Å². The Kier molecular flexibility index (Phi) is 4.75. The normalized spacial score (nSPS) is 12.9. The van der Waals surface area contributed by atoms with Crippen LogP contribution < -0.4 is 5.32 Å². The summed E-state index contributed by atoms with van der Waals surface area (Å²) in [5, 5.41) is 3.07. The summed E-state index contributed by atoms with van der Waals surface area (Å²) in [5.41, 5.74) is 0. The fourth-order valence-corrected chi connectivity index (χ4v) is 1.50. The number of aromatic nitrogens is 2. The number of rotatable bonds is 5. The zero-order valence-corrected chi connectivity index (χ0v) is 9.63. The molecule has 1 rings (SSSR count). The maximum Gasteiger partial charge on any atom is 0.223 e. The van der Waals surface area contributed by atoms with Gasteiger partial charge in [-0.1, -0.05) is 13.8 Å². The van der Waals surface area contributed by atoms with E-state index in [1.54, 1.807) is 0 Å². The third kappa shape index (κ3) is 4.42. The largest absolute Gasteiger partial charge is 0.350 e. The number of hydrogen-bond donors (Lipinski definition) is 1. The number of anilines is 1. The summed E-state index contributed by atoms with van der Waals surface area (Å²) >= 11 is 5.80. The minimum atomic E-state index is -0.438. The van der Waals surface area contributed by atoms with Crippen LogP contribution in [-0.2, 0) is 0 Å². The molecule has 3 nitrogen and oxygen atoms in total. The predicted molar refractivity (Wildman–Crippen MR) is 59.6 cm³/mol. The molecule has 1 N–H and O–H groups in total. The summed E-state index contributed by atoms with van der Waals surface area (Å²) in [4.78, 5) is 7.63.